The minimum Gasteiger partial charge on any atom is -0.490 e. The van der Waals surface area contributed by atoms with E-state index in [4.69, 9.17) is 9.47 Å². The number of halogens is 3. The Bertz CT molecular complexity index is 1120. The van der Waals surface area contributed by atoms with Gasteiger partial charge in [-0.15, -0.1) is 0 Å². The maximum atomic E-state index is 13.6. The van der Waals surface area contributed by atoms with Gasteiger partial charge in [-0.3, -0.25) is 0 Å². The highest BCUT2D eigenvalue weighted by Gasteiger charge is 2.39. The van der Waals surface area contributed by atoms with Gasteiger partial charge in [0.25, 0.3) is 0 Å². The second-order valence-electron chi connectivity index (χ2n) is 11.1. The molecule has 1 unspecified atom stereocenters. The van der Waals surface area contributed by atoms with Crippen molar-refractivity contribution in [2.75, 3.05) is 6.61 Å². The molecule has 0 aliphatic rings. The first kappa shape index (κ1) is 33.4. The summed E-state index contributed by atoms with van der Waals surface area (Å²) in [4.78, 5) is 8.88. The number of nitrogens with zero attached hydrogens (tertiary/aromatic N) is 2. The molecule has 0 spiro atoms. The van der Waals surface area contributed by atoms with Gasteiger partial charge in [0.2, 0.25) is 0 Å². The molecule has 0 amide bonds. The highest BCUT2D eigenvalue weighted by Crippen LogP contribution is 2.39. The van der Waals surface area contributed by atoms with E-state index in [9.17, 15) is 13.2 Å². The van der Waals surface area contributed by atoms with Gasteiger partial charge in [0.15, 0.2) is 11.6 Å². The molecule has 0 saturated heterocycles. The van der Waals surface area contributed by atoms with Gasteiger partial charge >= 0.3 is 6.18 Å². The van der Waals surface area contributed by atoms with E-state index in [1.807, 2.05) is 24.3 Å². The molecule has 3 aromatic rings. The average molecular weight is 585 g/mol. The maximum absolute atomic E-state index is 13.6. The van der Waals surface area contributed by atoms with Crippen molar-refractivity contribution in [1.29, 1.82) is 0 Å². The van der Waals surface area contributed by atoms with Gasteiger partial charge in [0, 0.05) is 5.56 Å². The summed E-state index contributed by atoms with van der Waals surface area (Å²) in [6.45, 7) is 5.24. The summed E-state index contributed by atoms with van der Waals surface area (Å²) in [7, 11) is 0. The zero-order chi connectivity index (χ0) is 30.0. The first-order valence-corrected chi connectivity index (χ1v) is 15.7. The molecule has 230 valence electrons. The van der Waals surface area contributed by atoms with E-state index in [-0.39, 0.29) is 13.0 Å². The molecule has 1 atom stereocenters. The van der Waals surface area contributed by atoms with Crippen LogP contribution in [0.1, 0.15) is 114 Å². The largest absolute Gasteiger partial charge is 0.490 e. The molecule has 0 N–H and O–H groups in total. The Kier molecular flexibility index (Phi) is 14.7. The Balaban J connectivity index is 1.42. The van der Waals surface area contributed by atoms with Crippen LogP contribution in [0.5, 0.6) is 11.5 Å². The molecule has 1 heterocycles. The minimum absolute atomic E-state index is 0.129. The molecule has 0 bridgehead atoms. The summed E-state index contributed by atoms with van der Waals surface area (Å²) in [6.07, 6.45) is 12.8. The molecular formula is C35H47F3N2O2. The molecule has 0 aliphatic carbocycles. The van der Waals surface area contributed by atoms with E-state index >= 15 is 0 Å². The number of rotatable bonds is 20. The van der Waals surface area contributed by atoms with Crippen LogP contribution in [0.25, 0.3) is 11.4 Å². The number of benzene rings is 2. The Morgan fingerprint density at radius 2 is 1.21 bits per heavy atom. The van der Waals surface area contributed by atoms with Gasteiger partial charge < -0.3 is 9.47 Å². The Morgan fingerprint density at radius 3 is 1.81 bits per heavy atom. The monoisotopic (exact) mass is 584 g/mol. The van der Waals surface area contributed by atoms with E-state index in [0.29, 0.717) is 35.9 Å². The first-order valence-electron chi connectivity index (χ1n) is 15.7. The van der Waals surface area contributed by atoms with Gasteiger partial charge in [-0.2, -0.15) is 13.2 Å². The fraction of sp³-hybridized carbons (Fsp3) is 0.543. The topological polar surface area (TPSA) is 44.2 Å². The van der Waals surface area contributed by atoms with Crippen LogP contribution in [0.2, 0.25) is 0 Å². The molecule has 7 heteroatoms. The van der Waals surface area contributed by atoms with Crippen molar-refractivity contribution in [1.82, 2.24) is 9.97 Å². The summed E-state index contributed by atoms with van der Waals surface area (Å²) in [5, 5.41) is 0. The zero-order valence-corrected chi connectivity index (χ0v) is 25.3. The van der Waals surface area contributed by atoms with Gasteiger partial charge in [-0.25, -0.2) is 9.97 Å². The Morgan fingerprint density at radius 1 is 0.643 bits per heavy atom. The first-order chi connectivity index (χ1) is 20.4. The molecule has 0 aliphatic heterocycles. The van der Waals surface area contributed by atoms with E-state index in [1.54, 1.807) is 36.7 Å². The van der Waals surface area contributed by atoms with E-state index in [1.165, 1.54) is 44.9 Å². The van der Waals surface area contributed by atoms with Gasteiger partial charge in [0.1, 0.15) is 12.4 Å². The number of aromatic nitrogens is 2. The van der Waals surface area contributed by atoms with Crippen LogP contribution in [0.3, 0.4) is 0 Å². The summed E-state index contributed by atoms with van der Waals surface area (Å²) >= 11 is 0. The van der Waals surface area contributed by atoms with Crippen LogP contribution >= 0.6 is 0 Å². The number of unbranched alkanes of at least 4 members (excludes halogenated alkanes) is 10. The van der Waals surface area contributed by atoms with Crippen molar-refractivity contribution in [2.45, 2.75) is 116 Å². The fourth-order valence-corrected chi connectivity index (χ4v) is 4.97. The van der Waals surface area contributed by atoms with Crippen molar-refractivity contribution in [3.63, 3.8) is 0 Å². The predicted octanol–water partition coefficient (Wildman–Crippen LogP) is 10.9. The van der Waals surface area contributed by atoms with Gasteiger partial charge in [-0.1, -0.05) is 109 Å². The van der Waals surface area contributed by atoms with Crippen molar-refractivity contribution >= 4 is 0 Å². The summed E-state index contributed by atoms with van der Waals surface area (Å²) in [5.41, 5.74) is 2.00. The molecule has 4 nitrogen and oxygen atoms in total. The van der Waals surface area contributed by atoms with E-state index in [2.05, 4.69) is 23.8 Å². The Hall–Kier alpha value is -3.09. The van der Waals surface area contributed by atoms with E-state index in [0.717, 1.165) is 36.8 Å². The van der Waals surface area contributed by atoms with Crippen LogP contribution in [0, 0.1) is 0 Å². The highest BCUT2D eigenvalue weighted by molar-refractivity contribution is 5.56. The highest BCUT2D eigenvalue weighted by atomic mass is 19.4. The third-order valence-electron chi connectivity index (χ3n) is 7.54. The van der Waals surface area contributed by atoms with Crippen LogP contribution in [-0.2, 0) is 6.61 Å². The zero-order valence-electron chi connectivity index (χ0n) is 25.3. The van der Waals surface area contributed by atoms with Crippen molar-refractivity contribution in [2.24, 2.45) is 0 Å². The second-order valence-corrected chi connectivity index (χ2v) is 11.1. The fourth-order valence-electron chi connectivity index (χ4n) is 4.97. The summed E-state index contributed by atoms with van der Waals surface area (Å²) in [6, 6.07) is 14.1. The Labute approximate surface area is 250 Å². The molecular weight excluding hydrogens is 537 g/mol. The lowest BCUT2D eigenvalue weighted by molar-refractivity contribution is -0.152. The predicted molar refractivity (Wildman–Crippen MR) is 164 cm³/mol. The normalized spacial score (nSPS) is 12.3. The molecule has 0 fully saturated rings. The van der Waals surface area contributed by atoms with Crippen molar-refractivity contribution in [3.8, 4) is 22.9 Å². The third kappa shape index (κ3) is 12.0. The average Bonchev–Trinajstić information content (AvgIpc) is 2.99. The molecule has 2 aromatic carbocycles. The van der Waals surface area contributed by atoms with Gasteiger partial charge in [0.05, 0.1) is 24.9 Å². The second kappa shape index (κ2) is 18.4. The number of ether oxygens (including phenoxy) is 2. The van der Waals surface area contributed by atoms with Crippen molar-refractivity contribution < 1.29 is 22.6 Å². The van der Waals surface area contributed by atoms with E-state index < -0.39 is 12.1 Å². The minimum atomic E-state index is -4.24. The molecule has 0 radical (unpaired) electrons. The SMILES string of the molecule is CCCCCCCCCCOc1cnc(-c2ccc(OCc3ccc(C(CCCCCC)C(F)(F)F)cc3)cc2)nc1. The number of hydrogen-bond donors (Lipinski definition) is 0. The molecule has 0 saturated carbocycles. The van der Waals surface area contributed by atoms with Crippen LogP contribution in [-0.4, -0.2) is 22.8 Å². The maximum Gasteiger partial charge on any atom is 0.395 e. The quantitative estimate of drug-likeness (QED) is 0.124. The van der Waals surface area contributed by atoms with Crippen LogP contribution < -0.4 is 9.47 Å². The van der Waals surface area contributed by atoms with Gasteiger partial charge in [-0.05, 0) is 48.2 Å². The molecule has 3 rings (SSSR count). The standard InChI is InChI=1S/C35H47F3N2O2/c1-3-5-7-9-10-11-12-14-24-41-32-25-39-34(40-26-32)30-20-22-31(23-21-30)42-27-28-16-18-29(19-17-28)33(35(36,37)38)15-13-8-6-4-2/h16-23,25-26,33H,3-15,24,27H2,1-2H3. The summed E-state index contributed by atoms with van der Waals surface area (Å²) < 4.78 is 52.6. The lowest BCUT2D eigenvalue weighted by Gasteiger charge is -2.21. The third-order valence-corrected chi connectivity index (χ3v) is 7.54. The lowest BCUT2D eigenvalue weighted by Crippen LogP contribution is -2.21. The smallest absolute Gasteiger partial charge is 0.395 e. The van der Waals surface area contributed by atoms with Crippen LogP contribution in [0.4, 0.5) is 13.2 Å². The number of alkyl halides is 3. The number of hydrogen-bond acceptors (Lipinski definition) is 4. The van der Waals surface area contributed by atoms with Crippen LogP contribution in [0.15, 0.2) is 60.9 Å². The van der Waals surface area contributed by atoms with Crippen molar-refractivity contribution in [3.05, 3.63) is 72.1 Å². The molecule has 42 heavy (non-hydrogen) atoms. The lowest BCUT2D eigenvalue weighted by atomic mass is 9.92. The summed E-state index contributed by atoms with van der Waals surface area (Å²) in [5.74, 6) is 0.517. The molecule has 1 aromatic heterocycles.